The van der Waals surface area contributed by atoms with Gasteiger partial charge in [0, 0.05) is 11.3 Å². The number of carbonyl (C=O) groups is 3. The molecule has 1 aliphatic heterocycles. The van der Waals surface area contributed by atoms with E-state index in [9.17, 15) is 14.4 Å². The summed E-state index contributed by atoms with van der Waals surface area (Å²) in [6.45, 7) is 2.92. The molecule has 0 fully saturated rings. The first kappa shape index (κ1) is 30.7. The van der Waals surface area contributed by atoms with Crippen LogP contribution in [0.5, 0.6) is 11.5 Å². The van der Waals surface area contributed by atoms with Crippen LogP contribution in [0.2, 0.25) is 10.0 Å². The van der Waals surface area contributed by atoms with E-state index in [1.807, 2.05) is 0 Å². The second-order valence-electron chi connectivity index (χ2n) is 8.09. The molecule has 1 heterocycles. The number of nitrogens with zero attached hydrogens (tertiary/aromatic N) is 1. The van der Waals surface area contributed by atoms with Crippen molar-refractivity contribution in [3.05, 3.63) is 68.8 Å². The number of allylic oxidation sites excluding steroid dienone is 1. The van der Waals surface area contributed by atoms with Crippen molar-refractivity contribution in [1.82, 2.24) is 16.1 Å². The number of ether oxygens (including phenoxy) is 4. The van der Waals surface area contributed by atoms with Crippen LogP contribution < -0.4 is 25.5 Å². The molecule has 0 unspecified atom stereocenters. The molecule has 40 heavy (non-hydrogen) atoms. The Labute approximate surface area is 245 Å². The Hall–Kier alpha value is -3.87. The van der Waals surface area contributed by atoms with Crippen LogP contribution in [-0.2, 0) is 23.9 Å². The molecular formula is C26H26Cl2N4O7S. The average molecular weight is 609 g/mol. The lowest BCUT2D eigenvalue weighted by Crippen LogP contribution is -2.45. The van der Waals surface area contributed by atoms with Crippen LogP contribution in [0.15, 0.2) is 52.8 Å². The van der Waals surface area contributed by atoms with Gasteiger partial charge < -0.3 is 29.6 Å². The summed E-state index contributed by atoms with van der Waals surface area (Å²) in [4.78, 5) is 36.4. The number of hydrogen-bond acceptors (Lipinski definition) is 9. The normalized spacial score (nSPS) is 14.7. The third kappa shape index (κ3) is 8.07. The minimum atomic E-state index is -0.654. The number of hydrogen-bond donors (Lipinski definition) is 3. The molecule has 2 aromatic carbocycles. The highest BCUT2D eigenvalue weighted by molar-refractivity contribution is 7.80. The summed E-state index contributed by atoms with van der Waals surface area (Å²) in [5.41, 5.74) is 4.31. The molecule has 0 aromatic heterocycles. The zero-order chi connectivity index (χ0) is 29.2. The molecule has 1 atom stereocenters. The van der Waals surface area contributed by atoms with Crippen molar-refractivity contribution in [2.24, 2.45) is 5.10 Å². The van der Waals surface area contributed by atoms with E-state index in [1.54, 1.807) is 38.1 Å². The summed E-state index contributed by atoms with van der Waals surface area (Å²) >= 11 is 17.7. The maximum absolute atomic E-state index is 12.7. The van der Waals surface area contributed by atoms with E-state index in [0.29, 0.717) is 33.3 Å². The molecule has 0 saturated heterocycles. The Morgan fingerprint density at radius 2 is 1.82 bits per heavy atom. The van der Waals surface area contributed by atoms with Gasteiger partial charge >= 0.3 is 11.9 Å². The van der Waals surface area contributed by atoms with Gasteiger partial charge in [0.05, 0.1) is 41.6 Å². The summed E-state index contributed by atoms with van der Waals surface area (Å²) in [7, 11) is 1.23. The fourth-order valence-corrected chi connectivity index (χ4v) is 4.48. The van der Waals surface area contributed by atoms with Gasteiger partial charge in [-0.25, -0.2) is 15.0 Å². The number of rotatable bonds is 11. The summed E-state index contributed by atoms with van der Waals surface area (Å²) in [6.07, 6.45) is 1.33. The fraction of sp³-hybridized carbons (Fsp3) is 0.269. The summed E-state index contributed by atoms with van der Waals surface area (Å²) in [5, 5.41) is 10.5. The zero-order valence-corrected chi connectivity index (χ0v) is 24.0. The van der Waals surface area contributed by atoms with Crippen LogP contribution in [0.4, 0.5) is 0 Å². The van der Waals surface area contributed by atoms with Crippen molar-refractivity contribution < 1.29 is 33.3 Å². The van der Waals surface area contributed by atoms with E-state index < -0.39 is 23.9 Å². The molecule has 0 bridgehead atoms. The number of halogens is 2. The molecular weight excluding hydrogens is 583 g/mol. The Morgan fingerprint density at radius 3 is 2.50 bits per heavy atom. The third-order valence-corrected chi connectivity index (χ3v) is 6.12. The third-order valence-electron chi connectivity index (χ3n) is 5.34. The molecule has 1 aliphatic rings. The van der Waals surface area contributed by atoms with Crippen molar-refractivity contribution in [2.75, 3.05) is 26.9 Å². The number of carbonyl (C=O) groups excluding carboxylic acids is 3. The lowest BCUT2D eigenvalue weighted by Gasteiger charge is -2.30. The van der Waals surface area contributed by atoms with Crippen LogP contribution in [0.3, 0.4) is 0 Å². The summed E-state index contributed by atoms with van der Waals surface area (Å²) in [6, 6.07) is 9.28. The molecule has 0 spiro atoms. The topological polar surface area (TPSA) is 137 Å². The summed E-state index contributed by atoms with van der Waals surface area (Å²) < 4.78 is 20.8. The molecule has 3 rings (SSSR count). The SMILES string of the molecule is CCOC(=O)C1=C(C)NC(=S)N[C@@H]1c1ccccc1OCC(=O)NN=Cc1cc(Cl)c(OCC(=O)OC)c(Cl)c1. The van der Waals surface area contributed by atoms with Gasteiger partial charge in [-0.3, -0.25) is 4.79 Å². The molecule has 3 N–H and O–H groups in total. The molecule has 2 aromatic rings. The van der Waals surface area contributed by atoms with Gasteiger partial charge in [-0.1, -0.05) is 41.4 Å². The van der Waals surface area contributed by atoms with Crippen molar-refractivity contribution in [3.8, 4) is 11.5 Å². The number of benzene rings is 2. The number of para-hydroxylation sites is 1. The first-order valence-corrected chi connectivity index (χ1v) is 13.0. The summed E-state index contributed by atoms with van der Waals surface area (Å²) in [5.74, 6) is -1.17. The smallest absolute Gasteiger partial charge is 0.343 e. The Bertz CT molecular complexity index is 1340. The van der Waals surface area contributed by atoms with Crippen molar-refractivity contribution in [2.45, 2.75) is 19.9 Å². The number of hydrazone groups is 1. The number of methoxy groups -OCH3 is 1. The highest BCUT2D eigenvalue weighted by atomic mass is 35.5. The first-order valence-electron chi connectivity index (χ1n) is 11.8. The van der Waals surface area contributed by atoms with Crippen LogP contribution in [-0.4, -0.2) is 56.1 Å². The molecule has 1 amide bonds. The minimum absolute atomic E-state index is 0.113. The average Bonchev–Trinajstić information content (AvgIpc) is 2.91. The molecule has 14 heteroatoms. The lowest BCUT2D eigenvalue weighted by molar-refractivity contribution is -0.143. The van der Waals surface area contributed by atoms with Crippen molar-refractivity contribution in [3.63, 3.8) is 0 Å². The van der Waals surface area contributed by atoms with E-state index in [4.69, 9.17) is 49.6 Å². The largest absolute Gasteiger partial charge is 0.483 e. The Morgan fingerprint density at radius 1 is 1.12 bits per heavy atom. The van der Waals surface area contributed by atoms with Gasteiger partial charge in [0.25, 0.3) is 5.91 Å². The van der Waals surface area contributed by atoms with Gasteiger partial charge in [0.1, 0.15) is 5.75 Å². The highest BCUT2D eigenvalue weighted by Crippen LogP contribution is 2.35. The molecule has 0 radical (unpaired) electrons. The predicted molar refractivity (Wildman–Crippen MR) is 153 cm³/mol. The monoisotopic (exact) mass is 608 g/mol. The minimum Gasteiger partial charge on any atom is -0.483 e. The van der Waals surface area contributed by atoms with Gasteiger partial charge in [-0.05, 0) is 49.8 Å². The fourth-order valence-electron chi connectivity index (χ4n) is 3.59. The van der Waals surface area contributed by atoms with Crippen LogP contribution in [0.1, 0.15) is 31.0 Å². The van der Waals surface area contributed by atoms with Gasteiger partial charge in [0.15, 0.2) is 24.1 Å². The van der Waals surface area contributed by atoms with E-state index >= 15 is 0 Å². The van der Waals surface area contributed by atoms with E-state index in [2.05, 4.69) is 25.9 Å². The number of thiocarbonyl (C=S) groups is 1. The second kappa shape index (κ2) is 14.5. The zero-order valence-electron chi connectivity index (χ0n) is 21.7. The van der Waals surface area contributed by atoms with E-state index in [-0.39, 0.29) is 35.6 Å². The molecule has 0 saturated carbocycles. The standard InChI is InChI=1S/C26H26Cl2N4O7S/c1-4-37-25(35)22-14(2)30-26(40)31-23(22)16-7-5-6-8-19(16)38-12-20(33)32-29-11-15-9-17(27)24(18(28)10-15)39-13-21(34)36-3/h5-11,23H,4,12-13H2,1-3H3,(H,32,33)(H2,30,31,40)/t23-/m1/s1. The van der Waals surface area contributed by atoms with Crippen LogP contribution in [0, 0.1) is 0 Å². The van der Waals surface area contributed by atoms with E-state index in [0.717, 1.165) is 0 Å². The highest BCUT2D eigenvalue weighted by Gasteiger charge is 2.32. The molecule has 0 aliphatic carbocycles. The number of nitrogens with one attached hydrogen (secondary N) is 3. The van der Waals surface area contributed by atoms with Crippen LogP contribution >= 0.6 is 35.4 Å². The predicted octanol–water partition coefficient (Wildman–Crippen LogP) is 3.43. The molecule has 11 nitrogen and oxygen atoms in total. The van der Waals surface area contributed by atoms with Crippen molar-refractivity contribution in [1.29, 1.82) is 0 Å². The van der Waals surface area contributed by atoms with Gasteiger partial charge in [0.2, 0.25) is 0 Å². The van der Waals surface area contributed by atoms with E-state index in [1.165, 1.54) is 25.5 Å². The second-order valence-corrected chi connectivity index (χ2v) is 9.31. The quantitative estimate of drug-likeness (QED) is 0.151. The van der Waals surface area contributed by atoms with Crippen LogP contribution in [0.25, 0.3) is 0 Å². The lowest BCUT2D eigenvalue weighted by atomic mass is 9.95. The van der Waals surface area contributed by atoms with Gasteiger partial charge in [-0.15, -0.1) is 0 Å². The Balaban J connectivity index is 1.66. The number of amides is 1. The maximum Gasteiger partial charge on any atom is 0.343 e. The van der Waals surface area contributed by atoms with Gasteiger partial charge in [-0.2, -0.15) is 5.10 Å². The first-order chi connectivity index (χ1) is 19.1. The Kier molecular flexibility index (Phi) is 11.1. The van der Waals surface area contributed by atoms with Crippen molar-refractivity contribution >= 4 is 64.6 Å². The molecule has 212 valence electrons. The number of esters is 2. The maximum atomic E-state index is 12.7.